The zero-order valence-electron chi connectivity index (χ0n) is 16.0. The monoisotopic (exact) mass is 397 g/mol. The zero-order chi connectivity index (χ0) is 20.0. The Morgan fingerprint density at radius 2 is 2.00 bits per heavy atom. The summed E-state index contributed by atoms with van der Waals surface area (Å²) in [5.74, 6) is -0.105. The van der Waals surface area contributed by atoms with Crippen molar-refractivity contribution in [2.75, 3.05) is 0 Å². The van der Waals surface area contributed by atoms with Crippen molar-refractivity contribution in [2.45, 2.75) is 69.1 Å². The highest BCUT2D eigenvalue weighted by Gasteiger charge is 2.43. The molecular weight excluding hydrogens is 374 g/mol. The molecule has 2 unspecified atom stereocenters. The smallest absolute Gasteiger partial charge is 0.293 e. The molecule has 3 aliphatic heterocycles. The van der Waals surface area contributed by atoms with Gasteiger partial charge in [0.05, 0.1) is 5.39 Å². The standard InChI is InChI=1S/C20H23N5O4/c26-16-7-6-15(23-16)19(27)22-11-9-12-3-1-4-13(10-11)25(12)20(28)17-14-5-2-8-21-18(14)24-29-17/h2,5,8,11-13,15H,1,3-4,6-7,9-10H2,(H,22,27)(H,23,26)/t11?,12-,13+,15?. The van der Waals surface area contributed by atoms with Crippen molar-refractivity contribution in [1.29, 1.82) is 0 Å². The van der Waals surface area contributed by atoms with Crippen LogP contribution in [0.2, 0.25) is 0 Å². The molecule has 3 amide bonds. The maximum absolute atomic E-state index is 13.3. The van der Waals surface area contributed by atoms with Crippen molar-refractivity contribution < 1.29 is 18.9 Å². The third-order valence-electron chi connectivity index (χ3n) is 6.32. The summed E-state index contributed by atoms with van der Waals surface area (Å²) in [5, 5.41) is 10.3. The van der Waals surface area contributed by atoms with Crippen LogP contribution in [0.5, 0.6) is 0 Å². The number of hydrogen-bond acceptors (Lipinski definition) is 6. The highest BCUT2D eigenvalue weighted by atomic mass is 16.5. The fourth-order valence-electron chi connectivity index (χ4n) is 5.00. The Balaban J connectivity index is 1.31. The number of nitrogens with zero attached hydrogens (tertiary/aromatic N) is 3. The minimum atomic E-state index is -0.435. The molecule has 2 aromatic heterocycles. The van der Waals surface area contributed by atoms with Crippen LogP contribution in [-0.2, 0) is 9.59 Å². The van der Waals surface area contributed by atoms with Crippen LogP contribution in [0.3, 0.4) is 0 Å². The number of fused-ring (bicyclic) bond motifs is 3. The number of amides is 3. The van der Waals surface area contributed by atoms with Crippen LogP contribution in [0.4, 0.5) is 0 Å². The average molecular weight is 397 g/mol. The Kier molecular flexibility index (Phi) is 4.44. The minimum Gasteiger partial charge on any atom is -0.351 e. The summed E-state index contributed by atoms with van der Waals surface area (Å²) in [6.07, 6.45) is 6.85. The molecule has 5 rings (SSSR count). The van der Waals surface area contributed by atoms with Gasteiger partial charge in [-0.25, -0.2) is 4.98 Å². The molecule has 0 spiro atoms. The van der Waals surface area contributed by atoms with Gasteiger partial charge in [0.1, 0.15) is 6.04 Å². The lowest BCUT2D eigenvalue weighted by molar-refractivity contribution is -0.126. The van der Waals surface area contributed by atoms with Crippen molar-refractivity contribution in [2.24, 2.45) is 0 Å². The van der Waals surface area contributed by atoms with E-state index < -0.39 is 6.04 Å². The van der Waals surface area contributed by atoms with E-state index in [0.717, 1.165) is 19.3 Å². The lowest BCUT2D eigenvalue weighted by Crippen LogP contribution is -2.59. The van der Waals surface area contributed by atoms with Gasteiger partial charge >= 0.3 is 0 Å². The molecule has 3 fully saturated rings. The Morgan fingerprint density at radius 1 is 1.21 bits per heavy atom. The van der Waals surface area contributed by atoms with E-state index in [-0.39, 0.29) is 41.6 Å². The summed E-state index contributed by atoms with van der Waals surface area (Å²) in [4.78, 5) is 43.2. The number of carbonyl (C=O) groups excluding carboxylic acids is 3. The molecular formula is C20H23N5O4. The van der Waals surface area contributed by atoms with Crippen LogP contribution in [-0.4, -0.2) is 56.9 Å². The van der Waals surface area contributed by atoms with E-state index in [4.69, 9.17) is 4.52 Å². The third kappa shape index (κ3) is 3.24. The van der Waals surface area contributed by atoms with Gasteiger partial charge in [0, 0.05) is 30.7 Å². The summed E-state index contributed by atoms with van der Waals surface area (Å²) >= 11 is 0. The van der Waals surface area contributed by atoms with E-state index in [1.54, 1.807) is 18.3 Å². The van der Waals surface area contributed by atoms with Gasteiger partial charge < -0.3 is 20.1 Å². The molecule has 5 heterocycles. The third-order valence-corrected chi connectivity index (χ3v) is 6.32. The van der Waals surface area contributed by atoms with Gasteiger partial charge in [0.15, 0.2) is 0 Å². The summed E-state index contributed by atoms with van der Waals surface area (Å²) < 4.78 is 5.35. The number of hydrogen-bond donors (Lipinski definition) is 2. The quantitative estimate of drug-likeness (QED) is 0.802. The van der Waals surface area contributed by atoms with Crippen LogP contribution < -0.4 is 10.6 Å². The molecule has 2 bridgehead atoms. The van der Waals surface area contributed by atoms with Crippen LogP contribution in [0.1, 0.15) is 55.5 Å². The van der Waals surface area contributed by atoms with Crippen LogP contribution in [0, 0.1) is 0 Å². The summed E-state index contributed by atoms with van der Waals surface area (Å²) in [6.45, 7) is 0. The summed E-state index contributed by atoms with van der Waals surface area (Å²) in [6, 6.07) is 3.24. The van der Waals surface area contributed by atoms with E-state index in [2.05, 4.69) is 20.8 Å². The second-order valence-corrected chi connectivity index (χ2v) is 8.17. The van der Waals surface area contributed by atoms with Crippen molar-refractivity contribution in [1.82, 2.24) is 25.7 Å². The lowest BCUT2D eigenvalue weighted by Gasteiger charge is -2.48. The van der Waals surface area contributed by atoms with Crippen molar-refractivity contribution in [3.63, 3.8) is 0 Å². The number of carbonyl (C=O) groups is 3. The van der Waals surface area contributed by atoms with Gasteiger partial charge in [-0.3, -0.25) is 14.4 Å². The van der Waals surface area contributed by atoms with Crippen molar-refractivity contribution in [3.8, 4) is 0 Å². The van der Waals surface area contributed by atoms with Gasteiger partial charge in [0.2, 0.25) is 23.2 Å². The highest BCUT2D eigenvalue weighted by molar-refractivity contribution is 6.03. The highest BCUT2D eigenvalue weighted by Crippen LogP contribution is 2.36. The number of piperidine rings is 2. The second kappa shape index (κ2) is 7.13. The number of pyridine rings is 1. The first-order valence-electron chi connectivity index (χ1n) is 10.2. The van der Waals surface area contributed by atoms with Crippen molar-refractivity contribution >= 4 is 28.8 Å². The van der Waals surface area contributed by atoms with Gasteiger partial charge in [-0.1, -0.05) is 5.16 Å². The molecule has 3 aliphatic rings. The predicted molar refractivity (Wildman–Crippen MR) is 102 cm³/mol. The van der Waals surface area contributed by atoms with E-state index in [1.807, 2.05) is 4.90 Å². The maximum atomic E-state index is 13.3. The van der Waals surface area contributed by atoms with E-state index in [0.29, 0.717) is 36.7 Å². The zero-order valence-corrected chi connectivity index (χ0v) is 16.0. The second-order valence-electron chi connectivity index (χ2n) is 8.17. The van der Waals surface area contributed by atoms with Crippen LogP contribution in [0.15, 0.2) is 22.9 Å². The van der Waals surface area contributed by atoms with E-state index in [1.165, 1.54) is 0 Å². The SMILES string of the molecule is O=C1CCC(C(=O)NC2C[C@H]3CCC[C@@H](C2)N3C(=O)c2onc3ncccc23)N1. The Hall–Kier alpha value is -2.97. The fraction of sp³-hybridized carbons (Fsp3) is 0.550. The molecule has 3 saturated heterocycles. The maximum Gasteiger partial charge on any atom is 0.293 e. The van der Waals surface area contributed by atoms with E-state index >= 15 is 0 Å². The van der Waals surface area contributed by atoms with Gasteiger partial charge in [0.25, 0.3) is 5.91 Å². The average Bonchev–Trinajstić information content (AvgIpc) is 3.33. The Labute approximate surface area is 167 Å². The van der Waals surface area contributed by atoms with Crippen molar-refractivity contribution in [3.05, 3.63) is 24.1 Å². The normalized spacial score (nSPS) is 29.0. The molecule has 152 valence electrons. The molecule has 0 saturated carbocycles. The number of nitrogens with one attached hydrogen (secondary N) is 2. The predicted octanol–water partition coefficient (Wildman–Crippen LogP) is 1.14. The summed E-state index contributed by atoms with van der Waals surface area (Å²) in [7, 11) is 0. The van der Waals surface area contributed by atoms with Gasteiger partial charge in [-0.05, 0) is 50.7 Å². The number of aromatic nitrogens is 2. The molecule has 0 aliphatic carbocycles. The topological polar surface area (TPSA) is 117 Å². The molecule has 0 radical (unpaired) electrons. The molecule has 4 atom stereocenters. The Bertz CT molecular complexity index is 959. The molecule has 9 nitrogen and oxygen atoms in total. The first kappa shape index (κ1) is 18.1. The fourth-order valence-corrected chi connectivity index (χ4v) is 5.00. The summed E-state index contributed by atoms with van der Waals surface area (Å²) in [5.41, 5.74) is 0.432. The number of rotatable bonds is 3. The van der Waals surface area contributed by atoms with Gasteiger partial charge in [-0.2, -0.15) is 0 Å². The Morgan fingerprint density at radius 3 is 2.72 bits per heavy atom. The molecule has 9 heteroatoms. The van der Waals surface area contributed by atoms with E-state index in [9.17, 15) is 14.4 Å². The molecule has 2 N–H and O–H groups in total. The molecule has 0 aromatic carbocycles. The first-order valence-corrected chi connectivity index (χ1v) is 10.2. The minimum absolute atomic E-state index is 0.00693. The lowest BCUT2D eigenvalue weighted by atomic mass is 9.81. The van der Waals surface area contributed by atoms with Crippen LogP contribution >= 0.6 is 0 Å². The largest absolute Gasteiger partial charge is 0.351 e. The molecule has 2 aromatic rings. The van der Waals surface area contributed by atoms with Gasteiger partial charge in [-0.15, -0.1) is 0 Å². The van der Waals surface area contributed by atoms with Crippen LogP contribution in [0.25, 0.3) is 11.0 Å². The molecule has 29 heavy (non-hydrogen) atoms. The first-order chi connectivity index (χ1) is 14.1.